The van der Waals surface area contributed by atoms with Crippen LogP contribution in [0.1, 0.15) is 76.3 Å². The van der Waals surface area contributed by atoms with Crippen LogP contribution in [-0.2, 0) is 0 Å². The molecule has 0 heteroatoms. The summed E-state index contributed by atoms with van der Waals surface area (Å²) in [5, 5.41) is 0. The van der Waals surface area contributed by atoms with Crippen LogP contribution in [0, 0.1) is 0 Å². The van der Waals surface area contributed by atoms with Crippen molar-refractivity contribution in [1.82, 2.24) is 0 Å². The molecule has 1 unspecified atom stereocenters. The van der Waals surface area contributed by atoms with Gasteiger partial charge in [-0.25, -0.2) is 0 Å². The molecule has 0 nitrogen and oxygen atoms in total. The molecule has 98 valence electrons. The van der Waals surface area contributed by atoms with Gasteiger partial charge in [0, 0.05) is 5.92 Å². The third-order valence-electron chi connectivity index (χ3n) is 4.07. The summed E-state index contributed by atoms with van der Waals surface area (Å²) in [5.74, 6) is 0.715. The molecule has 0 radical (unpaired) electrons. The standard InChI is InChI=1S/C18H26/c1-4-9-14-15(10-5-2)17-12-7-8-13-18(17)16(14)11-6-3/h7-8,12-13,15H,4-6,9-11H2,1-3H3. The monoisotopic (exact) mass is 242 g/mol. The van der Waals surface area contributed by atoms with Crippen molar-refractivity contribution in [1.29, 1.82) is 0 Å². The van der Waals surface area contributed by atoms with Crippen LogP contribution in [0.4, 0.5) is 0 Å². The van der Waals surface area contributed by atoms with Crippen LogP contribution in [-0.4, -0.2) is 0 Å². The van der Waals surface area contributed by atoms with E-state index in [0.717, 1.165) is 0 Å². The molecule has 1 aromatic rings. The lowest BCUT2D eigenvalue weighted by atomic mass is 9.89. The Bertz CT molecular complexity index is 425. The van der Waals surface area contributed by atoms with Crippen LogP contribution in [0.25, 0.3) is 5.57 Å². The second-order valence-electron chi connectivity index (χ2n) is 5.43. The van der Waals surface area contributed by atoms with Crippen LogP contribution in [0.2, 0.25) is 0 Å². The van der Waals surface area contributed by atoms with Gasteiger partial charge in [0.15, 0.2) is 0 Å². The van der Waals surface area contributed by atoms with Gasteiger partial charge in [0.05, 0.1) is 0 Å². The van der Waals surface area contributed by atoms with E-state index < -0.39 is 0 Å². The Morgan fingerprint density at radius 3 is 2.28 bits per heavy atom. The molecule has 0 amide bonds. The zero-order chi connectivity index (χ0) is 13.0. The molecule has 0 fully saturated rings. The number of hydrogen-bond acceptors (Lipinski definition) is 0. The van der Waals surface area contributed by atoms with Gasteiger partial charge in [-0.2, -0.15) is 0 Å². The van der Waals surface area contributed by atoms with Crippen molar-refractivity contribution in [3.8, 4) is 0 Å². The lowest BCUT2D eigenvalue weighted by Crippen LogP contribution is -1.98. The van der Waals surface area contributed by atoms with E-state index in [2.05, 4.69) is 45.0 Å². The van der Waals surface area contributed by atoms with Gasteiger partial charge in [-0.15, -0.1) is 0 Å². The predicted octanol–water partition coefficient (Wildman–Crippen LogP) is 5.94. The summed E-state index contributed by atoms with van der Waals surface area (Å²) < 4.78 is 0. The summed E-state index contributed by atoms with van der Waals surface area (Å²) in [6.45, 7) is 6.92. The Balaban J connectivity index is 2.44. The van der Waals surface area contributed by atoms with Crippen LogP contribution in [0.5, 0.6) is 0 Å². The number of allylic oxidation sites excluding steroid dienone is 2. The molecule has 1 aliphatic rings. The molecule has 2 rings (SSSR count). The fourth-order valence-electron chi connectivity index (χ4n) is 3.40. The Kier molecular flexibility index (Phi) is 4.63. The molecular weight excluding hydrogens is 216 g/mol. The fraction of sp³-hybridized carbons (Fsp3) is 0.556. The summed E-state index contributed by atoms with van der Waals surface area (Å²) in [5.41, 5.74) is 6.59. The predicted molar refractivity (Wildman–Crippen MR) is 80.8 cm³/mol. The normalized spacial score (nSPS) is 18.3. The molecule has 0 bridgehead atoms. The van der Waals surface area contributed by atoms with E-state index >= 15 is 0 Å². The maximum Gasteiger partial charge on any atom is 0.00601 e. The molecule has 0 aromatic heterocycles. The summed E-state index contributed by atoms with van der Waals surface area (Å²) in [6.07, 6.45) is 7.68. The number of benzene rings is 1. The average molecular weight is 242 g/mol. The Morgan fingerprint density at radius 2 is 1.61 bits per heavy atom. The third-order valence-corrected chi connectivity index (χ3v) is 4.07. The van der Waals surface area contributed by atoms with Crippen molar-refractivity contribution in [2.45, 2.75) is 65.2 Å². The van der Waals surface area contributed by atoms with E-state index in [-0.39, 0.29) is 0 Å². The van der Waals surface area contributed by atoms with Crippen molar-refractivity contribution in [2.75, 3.05) is 0 Å². The van der Waals surface area contributed by atoms with Crippen LogP contribution >= 0.6 is 0 Å². The molecule has 1 aliphatic carbocycles. The highest BCUT2D eigenvalue weighted by Crippen LogP contribution is 2.47. The number of rotatable bonds is 6. The first-order valence-electron chi connectivity index (χ1n) is 7.64. The van der Waals surface area contributed by atoms with Crippen molar-refractivity contribution in [3.63, 3.8) is 0 Å². The lowest BCUT2D eigenvalue weighted by Gasteiger charge is -2.16. The summed E-state index contributed by atoms with van der Waals surface area (Å²) in [7, 11) is 0. The summed E-state index contributed by atoms with van der Waals surface area (Å²) in [6, 6.07) is 9.10. The minimum atomic E-state index is 0.715. The van der Waals surface area contributed by atoms with Crippen molar-refractivity contribution in [2.24, 2.45) is 0 Å². The molecular formula is C18H26. The smallest absolute Gasteiger partial charge is 0.00601 e. The Labute approximate surface area is 112 Å². The fourth-order valence-corrected chi connectivity index (χ4v) is 3.40. The highest BCUT2D eigenvalue weighted by atomic mass is 14.3. The van der Waals surface area contributed by atoms with E-state index in [1.807, 2.05) is 0 Å². The Morgan fingerprint density at radius 1 is 0.889 bits per heavy atom. The average Bonchev–Trinajstić information content (AvgIpc) is 2.67. The minimum Gasteiger partial charge on any atom is -0.0653 e. The maximum absolute atomic E-state index is 2.36. The molecule has 1 atom stereocenters. The molecule has 0 N–H and O–H groups in total. The maximum atomic E-state index is 2.36. The summed E-state index contributed by atoms with van der Waals surface area (Å²) in [4.78, 5) is 0. The minimum absolute atomic E-state index is 0.715. The largest absolute Gasteiger partial charge is 0.0653 e. The molecule has 0 saturated heterocycles. The first kappa shape index (κ1) is 13.4. The van der Waals surface area contributed by atoms with Gasteiger partial charge in [0.1, 0.15) is 0 Å². The van der Waals surface area contributed by atoms with Crippen LogP contribution in [0.15, 0.2) is 29.8 Å². The van der Waals surface area contributed by atoms with Gasteiger partial charge in [-0.1, -0.05) is 69.9 Å². The second-order valence-corrected chi connectivity index (χ2v) is 5.43. The van der Waals surface area contributed by atoms with Gasteiger partial charge in [-0.05, 0) is 36.0 Å². The Hall–Kier alpha value is -1.04. The number of hydrogen-bond donors (Lipinski definition) is 0. The van der Waals surface area contributed by atoms with Crippen LogP contribution in [0.3, 0.4) is 0 Å². The molecule has 1 aromatic carbocycles. The molecule has 18 heavy (non-hydrogen) atoms. The molecule has 0 heterocycles. The van der Waals surface area contributed by atoms with Crippen molar-refractivity contribution >= 4 is 5.57 Å². The first-order valence-corrected chi connectivity index (χ1v) is 7.64. The highest BCUT2D eigenvalue weighted by molar-refractivity contribution is 5.78. The highest BCUT2D eigenvalue weighted by Gasteiger charge is 2.28. The van der Waals surface area contributed by atoms with Crippen molar-refractivity contribution in [3.05, 3.63) is 41.0 Å². The van der Waals surface area contributed by atoms with Gasteiger partial charge >= 0.3 is 0 Å². The van der Waals surface area contributed by atoms with Gasteiger partial charge in [0.2, 0.25) is 0 Å². The zero-order valence-electron chi connectivity index (χ0n) is 12.1. The van der Waals surface area contributed by atoms with E-state index in [1.54, 1.807) is 22.3 Å². The third kappa shape index (κ3) is 2.39. The molecule has 0 spiro atoms. The second kappa shape index (κ2) is 6.22. The van der Waals surface area contributed by atoms with Crippen molar-refractivity contribution < 1.29 is 0 Å². The van der Waals surface area contributed by atoms with Gasteiger partial charge in [0.25, 0.3) is 0 Å². The SMILES string of the molecule is CCCC1=C(CCC)C(CCC)c2ccccc21. The quantitative estimate of drug-likeness (QED) is 0.579. The van der Waals surface area contributed by atoms with Gasteiger partial charge in [-0.3, -0.25) is 0 Å². The first-order chi connectivity index (χ1) is 8.83. The number of fused-ring (bicyclic) bond motifs is 1. The zero-order valence-corrected chi connectivity index (χ0v) is 12.1. The van der Waals surface area contributed by atoms with E-state index in [4.69, 9.17) is 0 Å². The lowest BCUT2D eigenvalue weighted by molar-refractivity contribution is 0.664. The molecule has 0 aliphatic heterocycles. The van der Waals surface area contributed by atoms with E-state index in [9.17, 15) is 0 Å². The van der Waals surface area contributed by atoms with Gasteiger partial charge < -0.3 is 0 Å². The summed E-state index contributed by atoms with van der Waals surface area (Å²) >= 11 is 0. The topological polar surface area (TPSA) is 0 Å². The van der Waals surface area contributed by atoms with E-state index in [0.29, 0.717) is 5.92 Å². The molecule has 0 saturated carbocycles. The van der Waals surface area contributed by atoms with Crippen LogP contribution < -0.4 is 0 Å². The van der Waals surface area contributed by atoms with E-state index in [1.165, 1.54) is 38.5 Å².